The van der Waals surface area contributed by atoms with Crippen molar-refractivity contribution in [3.63, 3.8) is 0 Å². The van der Waals surface area contributed by atoms with E-state index in [1.165, 1.54) is 11.8 Å². The van der Waals surface area contributed by atoms with Gasteiger partial charge in [-0.3, -0.25) is 14.4 Å². The van der Waals surface area contributed by atoms with Crippen LogP contribution in [0.4, 0.5) is 0 Å². The van der Waals surface area contributed by atoms with Crippen molar-refractivity contribution in [1.82, 2.24) is 9.80 Å². The minimum absolute atomic E-state index is 0.0581. The zero-order chi connectivity index (χ0) is 19.2. The van der Waals surface area contributed by atoms with Gasteiger partial charge in [0.25, 0.3) is 5.91 Å². The molecule has 1 aromatic carbocycles. The Kier molecular flexibility index (Phi) is 7.30. The molecule has 0 spiro atoms. The number of Topliss-reactive ketones (excluding diaryl/α,β-unsaturated/α-hetero) is 1. The molecule has 0 aliphatic carbocycles. The van der Waals surface area contributed by atoms with E-state index in [1.807, 2.05) is 19.0 Å². The average molecular weight is 348 g/mol. The van der Waals surface area contributed by atoms with Gasteiger partial charge in [0.1, 0.15) is 12.1 Å². The Hall–Kier alpha value is -2.21. The third-order valence-electron chi connectivity index (χ3n) is 3.38. The second-order valence-electron chi connectivity index (χ2n) is 7.25. The van der Waals surface area contributed by atoms with Gasteiger partial charge >= 0.3 is 5.97 Å². The summed E-state index contributed by atoms with van der Waals surface area (Å²) in [5.41, 5.74) is 0.382. The molecule has 0 saturated heterocycles. The molecule has 0 fully saturated rings. The third kappa shape index (κ3) is 7.47. The first-order chi connectivity index (χ1) is 11.5. The summed E-state index contributed by atoms with van der Waals surface area (Å²) in [4.78, 5) is 39.6. The maximum atomic E-state index is 12.8. The first-order valence-electron chi connectivity index (χ1n) is 8.26. The van der Waals surface area contributed by atoms with Crippen molar-refractivity contribution >= 4 is 17.7 Å². The quantitative estimate of drug-likeness (QED) is 0.558. The highest BCUT2D eigenvalue weighted by atomic mass is 16.6. The van der Waals surface area contributed by atoms with Crippen molar-refractivity contribution in [3.05, 3.63) is 35.4 Å². The van der Waals surface area contributed by atoms with Gasteiger partial charge in [-0.2, -0.15) is 0 Å². The summed E-state index contributed by atoms with van der Waals surface area (Å²) >= 11 is 0. The normalized spacial score (nSPS) is 11.3. The summed E-state index contributed by atoms with van der Waals surface area (Å²) < 4.78 is 5.32. The van der Waals surface area contributed by atoms with Crippen LogP contribution in [0.25, 0.3) is 0 Å². The number of hydrogen-bond donors (Lipinski definition) is 0. The minimum atomic E-state index is -0.601. The number of amides is 1. The van der Waals surface area contributed by atoms with Gasteiger partial charge in [-0.25, -0.2) is 0 Å². The van der Waals surface area contributed by atoms with E-state index in [-0.39, 0.29) is 18.2 Å². The van der Waals surface area contributed by atoms with E-state index in [2.05, 4.69) is 0 Å². The summed E-state index contributed by atoms with van der Waals surface area (Å²) in [6, 6.07) is 6.45. The van der Waals surface area contributed by atoms with Crippen molar-refractivity contribution in [1.29, 1.82) is 0 Å². The van der Waals surface area contributed by atoms with Gasteiger partial charge in [0, 0.05) is 24.2 Å². The van der Waals surface area contributed by atoms with Crippen molar-refractivity contribution in [3.8, 4) is 0 Å². The molecule has 0 aromatic heterocycles. The Balaban J connectivity index is 2.91. The fraction of sp³-hybridized carbons (Fsp3) is 0.526. The Bertz CT molecular complexity index is 615. The molecular formula is C19H28N2O4. The fourth-order valence-corrected chi connectivity index (χ4v) is 2.13. The Labute approximate surface area is 149 Å². The van der Waals surface area contributed by atoms with E-state index < -0.39 is 11.6 Å². The molecule has 1 aromatic rings. The zero-order valence-corrected chi connectivity index (χ0v) is 16.0. The van der Waals surface area contributed by atoms with Crippen LogP contribution in [0.3, 0.4) is 0 Å². The highest BCUT2D eigenvalue weighted by Crippen LogP contribution is 2.11. The molecule has 0 aliphatic rings. The Morgan fingerprint density at radius 1 is 0.960 bits per heavy atom. The summed E-state index contributed by atoms with van der Waals surface area (Å²) in [6.07, 6.45) is 0. The van der Waals surface area contributed by atoms with Gasteiger partial charge in [0.2, 0.25) is 0 Å². The van der Waals surface area contributed by atoms with Crippen molar-refractivity contribution < 1.29 is 19.1 Å². The van der Waals surface area contributed by atoms with Crippen LogP contribution in [0.1, 0.15) is 48.4 Å². The predicted octanol–water partition coefficient (Wildman–Crippen LogP) is 2.23. The number of carbonyl (C=O) groups excluding carboxylic acids is 3. The lowest BCUT2D eigenvalue weighted by Gasteiger charge is -2.26. The molecule has 0 saturated carbocycles. The number of rotatable bonds is 7. The second kappa shape index (κ2) is 8.76. The maximum absolute atomic E-state index is 12.8. The molecular weight excluding hydrogens is 320 g/mol. The number of likely N-dealkylation sites (N-methyl/N-ethyl adjacent to an activating group) is 1. The molecule has 0 N–H and O–H groups in total. The lowest BCUT2D eigenvalue weighted by atomic mass is 10.1. The molecule has 6 heteroatoms. The van der Waals surface area contributed by atoms with E-state index in [9.17, 15) is 14.4 Å². The van der Waals surface area contributed by atoms with Crippen molar-refractivity contribution in [2.75, 3.05) is 33.7 Å². The molecule has 138 valence electrons. The summed E-state index contributed by atoms with van der Waals surface area (Å²) in [7, 11) is 3.80. The Morgan fingerprint density at radius 3 is 1.92 bits per heavy atom. The fourth-order valence-electron chi connectivity index (χ4n) is 2.13. The molecule has 25 heavy (non-hydrogen) atoms. The van der Waals surface area contributed by atoms with Crippen LogP contribution in [0.15, 0.2) is 24.3 Å². The number of hydrogen-bond acceptors (Lipinski definition) is 5. The standard InChI is InChI=1S/C19H28N2O4/c1-14(22)15-7-9-16(10-8-15)18(24)21(12-11-20(5)6)13-17(23)25-19(2,3)4/h7-10H,11-13H2,1-6H3. The van der Waals surface area contributed by atoms with E-state index in [1.54, 1.807) is 45.0 Å². The van der Waals surface area contributed by atoms with Crippen LogP contribution in [0.2, 0.25) is 0 Å². The molecule has 6 nitrogen and oxygen atoms in total. The monoisotopic (exact) mass is 348 g/mol. The third-order valence-corrected chi connectivity index (χ3v) is 3.38. The number of carbonyl (C=O) groups is 3. The summed E-state index contributed by atoms with van der Waals surface area (Å²) in [5, 5.41) is 0. The molecule has 0 bridgehead atoms. The minimum Gasteiger partial charge on any atom is -0.459 e. The summed E-state index contributed by atoms with van der Waals surface area (Å²) in [6.45, 7) is 7.76. The van der Waals surface area contributed by atoms with Gasteiger partial charge in [-0.15, -0.1) is 0 Å². The molecule has 0 unspecified atom stereocenters. The van der Waals surface area contributed by atoms with E-state index in [4.69, 9.17) is 4.74 Å². The van der Waals surface area contributed by atoms with Crippen molar-refractivity contribution in [2.24, 2.45) is 0 Å². The van der Waals surface area contributed by atoms with Crippen LogP contribution < -0.4 is 0 Å². The van der Waals surface area contributed by atoms with E-state index in [0.717, 1.165) is 0 Å². The Morgan fingerprint density at radius 2 is 1.48 bits per heavy atom. The van der Waals surface area contributed by atoms with Crippen LogP contribution in [-0.4, -0.2) is 66.8 Å². The lowest BCUT2D eigenvalue weighted by molar-refractivity contribution is -0.155. The van der Waals surface area contributed by atoms with Crippen LogP contribution >= 0.6 is 0 Å². The largest absolute Gasteiger partial charge is 0.459 e. The number of ether oxygens (including phenoxy) is 1. The first-order valence-corrected chi connectivity index (χ1v) is 8.26. The smallest absolute Gasteiger partial charge is 0.326 e. The number of benzene rings is 1. The number of nitrogens with zero attached hydrogens (tertiary/aromatic N) is 2. The van der Waals surface area contributed by atoms with Gasteiger partial charge in [-0.1, -0.05) is 12.1 Å². The maximum Gasteiger partial charge on any atom is 0.326 e. The van der Waals surface area contributed by atoms with Crippen LogP contribution in [-0.2, 0) is 9.53 Å². The first kappa shape index (κ1) is 20.8. The zero-order valence-electron chi connectivity index (χ0n) is 16.0. The number of esters is 1. The van der Waals surface area contributed by atoms with Crippen LogP contribution in [0, 0.1) is 0 Å². The number of ketones is 1. The molecule has 1 amide bonds. The second-order valence-corrected chi connectivity index (χ2v) is 7.25. The van der Waals surface area contributed by atoms with Crippen LogP contribution in [0.5, 0.6) is 0 Å². The molecule has 0 heterocycles. The SMILES string of the molecule is CC(=O)c1ccc(C(=O)N(CCN(C)C)CC(=O)OC(C)(C)C)cc1. The topological polar surface area (TPSA) is 66.9 Å². The summed E-state index contributed by atoms with van der Waals surface area (Å²) in [5.74, 6) is -0.764. The lowest BCUT2D eigenvalue weighted by Crippen LogP contribution is -2.42. The van der Waals surface area contributed by atoms with E-state index in [0.29, 0.717) is 24.2 Å². The molecule has 0 aliphatic heterocycles. The highest BCUT2D eigenvalue weighted by Gasteiger charge is 2.23. The van der Waals surface area contributed by atoms with Gasteiger partial charge in [0.05, 0.1) is 0 Å². The predicted molar refractivity (Wildman–Crippen MR) is 96.7 cm³/mol. The van der Waals surface area contributed by atoms with Gasteiger partial charge < -0.3 is 14.5 Å². The van der Waals surface area contributed by atoms with E-state index >= 15 is 0 Å². The molecule has 1 rings (SSSR count). The van der Waals surface area contributed by atoms with Gasteiger partial charge in [0.15, 0.2) is 5.78 Å². The van der Waals surface area contributed by atoms with Gasteiger partial charge in [-0.05, 0) is 53.9 Å². The average Bonchev–Trinajstić information content (AvgIpc) is 2.48. The molecule has 0 radical (unpaired) electrons. The molecule has 0 atom stereocenters. The van der Waals surface area contributed by atoms with Crippen molar-refractivity contribution in [2.45, 2.75) is 33.3 Å². The highest BCUT2D eigenvalue weighted by molar-refractivity contribution is 5.98.